The van der Waals surface area contributed by atoms with Gasteiger partial charge in [0.05, 0.1) is 6.33 Å². The lowest BCUT2D eigenvalue weighted by atomic mass is 10.1. The second-order valence-electron chi connectivity index (χ2n) is 2.77. The van der Waals surface area contributed by atoms with Gasteiger partial charge in [0.25, 0.3) is 0 Å². The maximum Gasteiger partial charge on any atom is 0.0945 e. The molecule has 0 fully saturated rings. The van der Waals surface area contributed by atoms with E-state index in [-0.39, 0.29) is 0 Å². The molecule has 0 N–H and O–H groups in total. The molecule has 0 saturated heterocycles. The molecule has 0 aliphatic carbocycles. The minimum atomic E-state index is 0.759. The minimum Gasteiger partial charge on any atom is -0.337 e. The van der Waals surface area contributed by atoms with Crippen LogP contribution in [0.2, 0.25) is 0 Å². The van der Waals surface area contributed by atoms with E-state index < -0.39 is 0 Å². The quantitative estimate of drug-likeness (QED) is 0.624. The van der Waals surface area contributed by atoms with Crippen LogP contribution in [-0.2, 0) is 6.54 Å². The highest BCUT2D eigenvalue weighted by atomic mass is 15.0. The SMILES string of the molecule is CC[C@H](C)Cn1ccnc1. The standard InChI is InChI=1S/C8H14N2/c1-3-8(2)6-10-5-4-9-7-10/h4-5,7-8H,3,6H2,1-2H3/t8-/m0/s1. The molecule has 1 aromatic rings. The van der Waals surface area contributed by atoms with Crippen LogP contribution in [0.1, 0.15) is 20.3 Å². The fourth-order valence-electron chi connectivity index (χ4n) is 0.884. The van der Waals surface area contributed by atoms with E-state index in [0.717, 1.165) is 12.5 Å². The van der Waals surface area contributed by atoms with Gasteiger partial charge in [0.2, 0.25) is 0 Å². The molecule has 10 heavy (non-hydrogen) atoms. The molecule has 0 aliphatic heterocycles. The number of nitrogens with zero attached hydrogens (tertiary/aromatic N) is 2. The Morgan fingerprint density at radius 2 is 2.40 bits per heavy atom. The topological polar surface area (TPSA) is 17.8 Å². The summed E-state index contributed by atoms with van der Waals surface area (Å²) in [6, 6.07) is 0. The average molecular weight is 138 g/mol. The third kappa shape index (κ3) is 1.87. The van der Waals surface area contributed by atoms with Crippen molar-refractivity contribution in [1.29, 1.82) is 0 Å². The van der Waals surface area contributed by atoms with Crippen molar-refractivity contribution in [2.24, 2.45) is 5.92 Å². The van der Waals surface area contributed by atoms with E-state index >= 15 is 0 Å². The Hall–Kier alpha value is -0.790. The smallest absolute Gasteiger partial charge is 0.0945 e. The lowest BCUT2D eigenvalue weighted by Gasteiger charge is -2.07. The maximum atomic E-state index is 3.97. The number of rotatable bonds is 3. The number of aromatic nitrogens is 2. The zero-order valence-electron chi connectivity index (χ0n) is 6.62. The Bertz CT molecular complexity index is 167. The fraction of sp³-hybridized carbons (Fsp3) is 0.625. The van der Waals surface area contributed by atoms with Gasteiger partial charge in [-0.25, -0.2) is 4.98 Å². The van der Waals surface area contributed by atoms with E-state index in [2.05, 4.69) is 23.4 Å². The second kappa shape index (κ2) is 3.40. The highest BCUT2D eigenvalue weighted by Crippen LogP contribution is 2.03. The van der Waals surface area contributed by atoms with Gasteiger partial charge < -0.3 is 4.57 Å². The van der Waals surface area contributed by atoms with Gasteiger partial charge in [0, 0.05) is 18.9 Å². The van der Waals surface area contributed by atoms with Crippen molar-refractivity contribution in [3.05, 3.63) is 18.7 Å². The van der Waals surface area contributed by atoms with Crippen molar-refractivity contribution in [2.45, 2.75) is 26.8 Å². The zero-order valence-corrected chi connectivity index (χ0v) is 6.62. The first kappa shape index (κ1) is 7.32. The average Bonchev–Trinajstić information content (AvgIpc) is 2.40. The molecule has 0 bridgehead atoms. The van der Waals surface area contributed by atoms with E-state index in [0.29, 0.717) is 0 Å². The van der Waals surface area contributed by atoms with Crippen LogP contribution >= 0.6 is 0 Å². The Labute approximate surface area is 61.9 Å². The van der Waals surface area contributed by atoms with Gasteiger partial charge in [-0.1, -0.05) is 20.3 Å². The summed E-state index contributed by atoms with van der Waals surface area (Å²) in [5, 5.41) is 0. The van der Waals surface area contributed by atoms with Gasteiger partial charge in [0.1, 0.15) is 0 Å². The van der Waals surface area contributed by atoms with Gasteiger partial charge in [-0.05, 0) is 5.92 Å². The number of imidazole rings is 1. The first-order valence-electron chi connectivity index (χ1n) is 3.78. The van der Waals surface area contributed by atoms with Gasteiger partial charge in [-0.2, -0.15) is 0 Å². The highest BCUT2D eigenvalue weighted by molar-refractivity contribution is 4.74. The molecule has 0 saturated carbocycles. The van der Waals surface area contributed by atoms with Gasteiger partial charge >= 0.3 is 0 Å². The Balaban J connectivity index is 2.40. The second-order valence-corrected chi connectivity index (χ2v) is 2.77. The molecule has 0 spiro atoms. The Kier molecular flexibility index (Phi) is 2.49. The molecule has 1 heterocycles. The molecule has 0 aliphatic rings. The first-order chi connectivity index (χ1) is 4.83. The van der Waals surface area contributed by atoms with Crippen LogP contribution in [0.5, 0.6) is 0 Å². The van der Waals surface area contributed by atoms with E-state index in [1.807, 2.05) is 18.7 Å². The minimum absolute atomic E-state index is 0.759. The van der Waals surface area contributed by atoms with E-state index in [9.17, 15) is 0 Å². The molecular weight excluding hydrogens is 124 g/mol. The summed E-state index contributed by atoms with van der Waals surface area (Å²) < 4.78 is 2.12. The van der Waals surface area contributed by atoms with E-state index in [4.69, 9.17) is 0 Å². The molecule has 1 rings (SSSR count). The van der Waals surface area contributed by atoms with Crippen molar-refractivity contribution in [1.82, 2.24) is 9.55 Å². The zero-order chi connectivity index (χ0) is 7.40. The molecule has 56 valence electrons. The molecule has 0 amide bonds. The number of hydrogen-bond acceptors (Lipinski definition) is 1. The lowest BCUT2D eigenvalue weighted by molar-refractivity contribution is 0.468. The molecule has 1 atom stereocenters. The third-order valence-corrected chi connectivity index (χ3v) is 1.78. The summed E-state index contributed by atoms with van der Waals surface area (Å²) in [7, 11) is 0. The number of hydrogen-bond donors (Lipinski definition) is 0. The van der Waals surface area contributed by atoms with Crippen molar-refractivity contribution in [3.8, 4) is 0 Å². The normalized spacial score (nSPS) is 13.4. The van der Waals surface area contributed by atoms with Crippen molar-refractivity contribution in [3.63, 3.8) is 0 Å². The molecule has 2 heteroatoms. The maximum absolute atomic E-state index is 3.97. The van der Waals surface area contributed by atoms with Crippen molar-refractivity contribution < 1.29 is 0 Å². The molecule has 1 aromatic heterocycles. The van der Waals surface area contributed by atoms with E-state index in [1.54, 1.807) is 0 Å². The van der Waals surface area contributed by atoms with Gasteiger partial charge in [-0.15, -0.1) is 0 Å². The summed E-state index contributed by atoms with van der Waals surface area (Å²) in [4.78, 5) is 3.97. The van der Waals surface area contributed by atoms with Crippen LogP contribution in [0.15, 0.2) is 18.7 Å². The summed E-state index contributed by atoms with van der Waals surface area (Å²) in [6.45, 7) is 5.55. The third-order valence-electron chi connectivity index (χ3n) is 1.78. The van der Waals surface area contributed by atoms with Gasteiger partial charge in [0.15, 0.2) is 0 Å². The van der Waals surface area contributed by atoms with Crippen LogP contribution < -0.4 is 0 Å². The predicted octanol–water partition coefficient (Wildman–Crippen LogP) is 1.93. The molecule has 0 unspecified atom stereocenters. The summed E-state index contributed by atoms with van der Waals surface area (Å²) in [5.74, 6) is 0.759. The van der Waals surface area contributed by atoms with Crippen LogP contribution in [0.3, 0.4) is 0 Å². The van der Waals surface area contributed by atoms with Gasteiger partial charge in [-0.3, -0.25) is 0 Å². The molecular formula is C8H14N2. The highest BCUT2D eigenvalue weighted by Gasteiger charge is 1.97. The summed E-state index contributed by atoms with van der Waals surface area (Å²) >= 11 is 0. The summed E-state index contributed by atoms with van der Waals surface area (Å²) in [6.07, 6.45) is 6.93. The van der Waals surface area contributed by atoms with Crippen LogP contribution in [0.25, 0.3) is 0 Å². The fourth-order valence-corrected chi connectivity index (χ4v) is 0.884. The summed E-state index contributed by atoms with van der Waals surface area (Å²) in [5.41, 5.74) is 0. The largest absolute Gasteiger partial charge is 0.337 e. The Morgan fingerprint density at radius 1 is 1.60 bits per heavy atom. The first-order valence-corrected chi connectivity index (χ1v) is 3.78. The monoisotopic (exact) mass is 138 g/mol. The molecule has 2 nitrogen and oxygen atoms in total. The van der Waals surface area contributed by atoms with Crippen molar-refractivity contribution >= 4 is 0 Å². The van der Waals surface area contributed by atoms with Crippen LogP contribution in [-0.4, -0.2) is 9.55 Å². The van der Waals surface area contributed by atoms with E-state index in [1.165, 1.54) is 6.42 Å². The Morgan fingerprint density at radius 3 is 2.90 bits per heavy atom. The van der Waals surface area contributed by atoms with Crippen LogP contribution in [0, 0.1) is 5.92 Å². The molecule has 0 radical (unpaired) electrons. The predicted molar refractivity (Wildman–Crippen MR) is 41.7 cm³/mol. The van der Waals surface area contributed by atoms with Crippen molar-refractivity contribution in [2.75, 3.05) is 0 Å². The van der Waals surface area contributed by atoms with Crippen LogP contribution in [0.4, 0.5) is 0 Å². The lowest BCUT2D eigenvalue weighted by Crippen LogP contribution is -2.03. The molecule has 0 aromatic carbocycles.